The van der Waals surface area contributed by atoms with Gasteiger partial charge in [-0.3, -0.25) is 9.69 Å². The van der Waals surface area contributed by atoms with E-state index in [4.69, 9.17) is 14.0 Å². The molecule has 0 spiro atoms. The monoisotopic (exact) mass is 345 g/mol. The molecule has 1 amide bonds. The third-order valence-corrected chi connectivity index (χ3v) is 4.40. The van der Waals surface area contributed by atoms with Gasteiger partial charge >= 0.3 is 0 Å². The minimum atomic E-state index is -0.109. The van der Waals surface area contributed by atoms with Crippen LogP contribution in [0.3, 0.4) is 0 Å². The van der Waals surface area contributed by atoms with E-state index >= 15 is 0 Å². The Kier molecular flexibility index (Phi) is 5.23. The Morgan fingerprint density at radius 1 is 1.36 bits per heavy atom. The lowest BCUT2D eigenvalue weighted by molar-refractivity contribution is -0.117. The van der Waals surface area contributed by atoms with Crippen LogP contribution in [0.1, 0.15) is 30.2 Å². The summed E-state index contributed by atoms with van der Waals surface area (Å²) in [5.74, 6) is 2.59. The van der Waals surface area contributed by atoms with E-state index in [2.05, 4.69) is 15.4 Å². The number of likely N-dealkylation sites (tertiary alicyclic amines) is 1. The summed E-state index contributed by atoms with van der Waals surface area (Å²) in [5, 5.41) is 6.57. The molecule has 2 aromatic rings. The van der Waals surface area contributed by atoms with Crippen molar-refractivity contribution in [2.24, 2.45) is 0 Å². The molecule has 2 heterocycles. The molecule has 1 atom stereocenters. The molecule has 3 rings (SSSR count). The largest absolute Gasteiger partial charge is 0.497 e. The smallest absolute Gasteiger partial charge is 0.239 e. The lowest BCUT2D eigenvalue weighted by Crippen LogP contribution is -2.33. The van der Waals surface area contributed by atoms with Crippen LogP contribution < -0.4 is 14.8 Å². The molecular formula is C18H23N3O4. The number of rotatable bonds is 6. The Morgan fingerprint density at radius 2 is 2.20 bits per heavy atom. The van der Waals surface area contributed by atoms with Crippen molar-refractivity contribution >= 4 is 11.7 Å². The standard InChI is InChI=1S/C18H23N3O4/c1-12-9-17(20-25-12)19-18(22)11-21-8-4-5-15(21)14-10-13(23-2)6-7-16(14)24-3/h6-7,9-10,15H,4-5,8,11H2,1-3H3,(H,19,20,22). The fraction of sp³-hybridized carbons (Fsp3) is 0.444. The van der Waals surface area contributed by atoms with Crippen LogP contribution in [0.5, 0.6) is 11.5 Å². The first-order chi connectivity index (χ1) is 12.1. The predicted molar refractivity (Wildman–Crippen MR) is 93.0 cm³/mol. The van der Waals surface area contributed by atoms with E-state index in [0.717, 1.165) is 36.4 Å². The van der Waals surface area contributed by atoms with Crippen molar-refractivity contribution in [2.45, 2.75) is 25.8 Å². The molecule has 0 bridgehead atoms. The Morgan fingerprint density at radius 3 is 2.88 bits per heavy atom. The molecule has 0 saturated carbocycles. The summed E-state index contributed by atoms with van der Waals surface area (Å²) in [6.45, 7) is 2.93. The fourth-order valence-corrected chi connectivity index (χ4v) is 3.26. The maximum absolute atomic E-state index is 12.3. The molecule has 1 N–H and O–H groups in total. The maximum atomic E-state index is 12.3. The number of nitrogens with one attached hydrogen (secondary N) is 1. The number of hydrogen-bond acceptors (Lipinski definition) is 6. The summed E-state index contributed by atoms with van der Waals surface area (Å²) in [6, 6.07) is 7.59. The highest BCUT2D eigenvalue weighted by Gasteiger charge is 2.30. The van der Waals surface area contributed by atoms with Crippen molar-refractivity contribution in [3.8, 4) is 11.5 Å². The molecule has 1 aliphatic rings. The van der Waals surface area contributed by atoms with Crippen molar-refractivity contribution in [3.05, 3.63) is 35.6 Å². The number of methoxy groups -OCH3 is 2. The summed E-state index contributed by atoms with van der Waals surface area (Å²) in [5.41, 5.74) is 1.05. The Balaban J connectivity index is 1.73. The zero-order chi connectivity index (χ0) is 17.8. The van der Waals surface area contributed by atoms with E-state index in [1.54, 1.807) is 27.2 Å². The van der Waals surface area contributed by atoms with Crippen LogP contribution in [0, 0.1) is 6.92 Å². The van der Waals surface area contributed by atoms with Crippen LogP contribution in [0.15, 0.2) is 28.8 Å². The number of amides is 1. The maximum Gasteiger partial charge on any atom is 0.239 e. The molecule has 7 nitrogen and oxygen atoms in total. The van der Waals surface area contributed by atoms with Gasteiger partial charge in [-0.1, -0.05) is 5.16 Å². The topological polar surface area (TPSA) is 76.8 Å². The summed E-state index contributed by atoms with van der Waals surface area (Å²) in [4.78, 5) is 14.5. The van der Waals surface area contributed by atoms with Gasteiger partial charge in [-0.05, 0) is 44.5 Å². The summed E-state index contributed by atoms with van der Waals surface area (Å²) in [6.07, 6.45) is 2.00. The molecule has 134 valence electrons. The number of aryl methyl sites for hydroxylation is 1. The number of nitrogens with zero attached hydrogens (tertiary/aromatic N) is 2. The number of carbonyl (C=O) groups is 1. The number of ether oxygens (including phenoxy) is 2. The van der Waals surface area contributed by atoms with E-state index in [-0.39, 0.29) is 18.5 Å². The zero-order valence-corrected chi connectivity index (χ0v) is 14.7. The minimum Gasteiger partial charge on any atom is -0.497 e. The van der Waals surface area contributed by atoms with Crippen molar-refractivity contribution in [1.82, 2.24) is 10.1 Å². The van der Waals surface area contributed by atoms with Crippen molar-refractivity contribution < 1.29 is 18.8 Å². The number of carbonyl (C=O) groups excluding carboxylic acids is 1. The lowest BCUT2D eigenvalue weighted by Gasteiger charge is -2.25. The van der Waals surface area contributed by atoms with E-state index in [9.17, 15) is 4.79 Å². The highest BCUT2D eigenvalue weighted by molar-refractivity contribution is 5.91. The number of benzene rings is 1. The van der Waals surface area contributed by atoms with Gasteiger partial charge in [0, 0.05) is 17.7 Å². The second-order valence-electron chi connectivity index (χ2n) is 6.11. The molecule has 1 aliphatic heterocycles. The fourth-order valence-electron chi connectivity index (χ4n) is 3.26. The SMILES string of the molecule is COc1ccc(OC)c(C2CCCN2CC(=O)Nc2cc(C)on2)c1. The average molecular weight is 345 g/mol. The van der Waals surface area contributed by atoms with Crippen molar-refractivity contribution in [3.63, 3.8) is 0 Å². The molecule has 1 aromatic carbocycles. The van der Waals surface area contributed by atoms with E-state index in [1.165, 1.54) is 0 Å². The third-order valence-electron chi connectivity index (χ3n) is 4.40. The molecule has 7 heteroatoms. The zero-order valence-electron chi connectivity index (χ0n) is 14.7. The van der Waals surface area contributed by atoms with Gasteiger partial charge in [0.05, 0.1) is 20.8 Å². The molecule has 1 unspecified atom stereocenters. The average Bonchev–Trinajstić information content (AvgIpc) is 3.23. The number of hydrogen-bond donors (Lipinski definition) is 1. The van der Waals surface area contributed by atoms with E-state index in [1.807, 2.05) is 18.2 Å². The van der Waals surface area contributed by atoms with Crippen LogP contribution in [0.2, 0.25) is 0 Å². The van der Waals surface area contributed by atoms with Gasteiger partial charge in [-0.2, -0.15) is 0 Å². The van der Waals surface area contributed by atoms with Crippen LogP contribution in [0.4, 0.5) is 5.82 Å². The Bertz CT molecular complexity index is 744. The molecule has 0 radical (unpaired) electrons. The van der Waals surface area contributed by atoms with Crippen LogP contribution in [0.25, 0.3) is 0 Å². The quantitative estimate of drug-likeness (QED) is 0.867. The lowest BCUT2D eigenvalue weighted by atomic mass is 10.0. The van der Waals surface area contributed by atoms with Crippen LogP contribution >= 0.6 is 0 Å². The Labute approximate surface area is 146 Å². The second kappa shape index (κ2) is 7.57. The van der Waals surface area contributed by atoms with Crippen LogP contribution in [-0.2, 0) is 4.79 Å². The highest BCUT2D eigenvalue weighted by Crippen LogP contribution is 2.38. The van der Waals surface area contributed by atoms with Gasteiger partial charge in [0.1, 0.15) is 17.3 Å². The first-order valence-corrected chi connectivity index (χ1v) is 8.30. The number of aromatic nitrogens is 1. The summed E-state index contributed by atoms with van der Waals surface area (Å²) in [7, 11) is 3.30. The second-order valence-corrected chi connectivity index (χ2v) is 6.11. The highest BCUT2D eigenvalue weighted by atomic mass is 16.5. The predicted octanol–water partition coefficient (Wildman–Crippen LogP) is 2.78. The minimum absolute atomic E-state index is 0.109. The normalized spacial score (nSPS) is 17.5. The molecule has 1 aromatic heterocycles. The van der Waals surface area contributed by atoms with Crippen LogP contribution in [-0.4, -0.2) is 43.3 Å². The first kappa shape index (κ1) is 17.3. The summed E-state index contributed by atoms with van der Waals surface area (Å²) < 4.78 is 15.8. The summed E-state index contributed by atoms with van der Waals surface area (Å²) >= 11 is 0. The molecular weight excluding hydrogens is 322 g/mol. The van der Waals surface area contributed by atoms with Gasteiger partial charge in [-0.25, -0.2) is 0 Å². The van der Waals surface area contributed by atoms with E-state index in [0.29, 0.717) is 11.6 Å². The third kappa shape index (κ3) is 3.93. The van der Waals surface area contributed by atoms with Gasteiger partial charge < -0.3 is 19.3 Å². The molecule has 1 saturated heterocycles. The van der Waals surface area contributed by atoms with Gasteiger partial charge in [0.2, 0.25) is 5.91 Å². The van der Waals surface area contributed by atoms with Crippen molar-refractivity contribution in [2.75, 3.05) is 32.6 Å². The van der Waals surface area contributed by atoms with Gasteiger partial charge in [0.15, 0.2) is 5.82 Å². The van der Waals surface area contributed by atoms with Gasteiger partial charge in [0.25, 0.3) is 0 Å². The number of anilines is 1. The Hall–Kier alpha value is -2.54. The first-order valence-electron chi connectivity index (χ1n) is 8.30. The molecule has 25 heavy (non-hydrogen) atoms. The van der Waals surface area contributed by atoms with Gasteiger partial charge in [-0.15, -0.1) is 0 Å². The molecule has 0 aliphatic carbocycles. The van der Waals surface area contributed by atoms with E-state index < -0.39 is 0 Å². The van der Waals surface area contributed by atoms with Crippen molar-refractivity contribution in [1.29, 1.82) is 0 Å². The molecule has 1 fully saturated rings.